The summed E-state index contributed by atoms with van der Waals surface area (Å²) in [5, 5.41) is 6.20. The van der Waals surface area contributed by atoms with Crippen molar-refractivity contribution in [1.82, 2.24) is 10.2 Å². The quantitative estimate of drug-likeness (QED) is 0.607. The standard InChI is InChI=1S/C19H31N3O3.2ClH/c1-5-22(6-2)9-10-25-18-11-16(7-8-17(18)24-4)21-19(23)14(3)15-12-20-13-15;;/h7-8,11,14-15,20H,5-6,9-10,12-13H2,1-4H3,(H,21,23);2*1H. The number of hydrogen-bond acceptors (Lipinski definition) is 5. The highest BCUT2D eigenvalue weighted by Gasteiger charge is 2.28. The van der Waals surface area contributed by atoms with Gasteiger partial charge in [-0.05, 0) is 44.2 Å². The summed E-state index contributed by atoms with van der Waals surface area (Å²) in [5.41, 5.74) is 0.739. The van der Waals surface area contributed by atoms with Crippen LogP contribution in [-0.2, 0) is 4.79 Å². The van der Waals surface area contributed by atoms with Crippen LogP contribution >= 0.6 is 24.8 Å². The minimum absolute atomic E-state index is 0. The third-order valence-electron chi connectivity index (χ3n) is 4.92. The normalized spacial score (nSPS) is 14.4. The van der Waals surface area contributed by atoms with Crippen LogP contribution in [0.25, 0.3) is 0 Å². The van der Waals surface area contributed by atoms with Gasteiger partial charge in [0.05, 0.1) is 7.11 Å². The highest BCUT2D eigenvalue weighted by atomic mass is 35.5. The predicted octanol–water partition coefficient (Wildman–Crippen LogP) is 3.05. The Morgan fingerprint density at radius 2 is 1.93 bits per heavy atom. The van der Waals surface area contributed by atoms with Crippen LogP contribution in [0.1, 0.15) is 20.8 Å². The van der Waals surface area contributed by atoms with Crippen LogP contribution in [0.2, 0.25) is 0 Å². The first-order valence-corrected chi connectivity index (χ1v) is 9.13. The van der Waals surface area contributed by atoms with Crippen molar-refractivity contribution in [2.45, 2.75) is 20.8 Å². The molecule has 1 amide bonds. The largest absolute Gasteiger partial charge is 0.493 e. The zero-order chi connectivity index (χ0) is 18.2. The Bertz CT molecular complexity index is 567. The number of methoxy groups -OCH3 is 1. The molecule has 0 bridgehead atoms. The number of likely N-dealkylation sites (N-methyl/N-ethyl adjacent to an activating group) is 1. The topological polar surface area (TPSA) is 62.8 Å². The summed E-state index contributed by atoms with van der Waals surface area (Å²) in [6.45, 7) is 11.5. The second-order valence-electron chi connectivity index (χ2n) is 6.44. The molecule has 1 aliphatic heterocycles. The van der Waals surface area contributed by atoms with Crippen molar-refractivity contribution < 1.29 is 14.3 Å². The molecule has 6 nitrogen and oxygen atoms in total. The molecule has 8 heteroatoms. The van der Waals surface area contributed by atoms with E-state index in [1.807, 2.05) is 25.1 Å². The first-order chi connectivity index (χ1) is 12.1. The number of carbonyl (C=O) groups excluding carboxylic acids is 1. The molecule has 1 atom stereocenters. The Hall–Kier alpha value is -1.21. The van der Waals surface area contributed by atoms with Crippen LogP contribution in [0.5, 0.6) is 11.5 Å². The van der Waals surface area contributed by atoms with Crippen LogP contribution in [0, 0.1) is 11.8 Å². The highest BCUT2D eigenvalue weighted by molar-refractivity contribution is 5.93. The Labute approximate surface area is 175 Å². The minimum Gasteiger partial charge on any atom is -0.493 e. The maximum atomic E-state index is 12.4. The first kappa shape index (κ1) is 25.8. The SMILES string of the molecule is CCN(CC)CCOc1cc(NC(=O)C(C)C2CNC2)ccc1OC.Cl.Cl. The summed E-state index contributed by atoms with van der Waals surface area (Å²) in [4.78, 5) is 14.7. The van der Waals surface area contributed by atoms with Crippen LogP contribution in [0.4, 0.5) is 5.69 Å². The monoisotopic (exact) mass is 421 g/mol. The minimum atomic E-state index is -0.00427. The van der Waals surface area contributed by atoms with E-state index < -0.39 is 0 Å². The van der Waals surface area contributed by atoms with Crippen LogP contribution in [0.15, 0.2) is 18.2 Å². The molecular weight excluding hydrogens is 389 g/mol. The fraction of sp³-hybridized carbons (Fsp3) is 0.632. The van der Waals surface area contributed by atoms with E-state index in [1.165, 1.54) is 0 Å². The summed E-state index contributed by atoms with van der Waals surface area (Å²) in [6.07, 6.45) is 0. The van der Waals surface area contributed by atoms with Crippen molar-refractivity contribution in [2.75, 3.05) is 51.8 Å². The molecule has 156 valence electrons. The second-order valence-corrected chi connectivity index (χ2v) is 6.44. The van der Waals surface area contributed by atoms with E-state index in [1.54, 1.807) is 7.11 Å². The van der Waals surface area contributed by atoms with Gasteiger partial charge in [-0.3, -0.25) is 4.79 Å². The maximum Gasteiger partial charge on any atom is 0.227 e. The second kappa shape index (κ2) is 13.0. The number of nitrogens with zero attached hydrogens (tertiary/aromatic N) is 1. The fourth-order valence-electron chi connectivity index (χ4n) is 2.83. The van der Waals surface area contributed by atoms with Gasteiger partial charge >= 0.3 is 0 Å². The number of rotatable bonds is 10. The van der Waals surface area contributed by atoms with Crippen molar-refractivity contribution in [3.63, 3.8) is 0 Å². The van der Waals surface area contributed by atoms with E-state index in [9.17, 15) is 4.79 Å². The summed E-state index contributed by atoms with van der Waals surface area (Å²) in [6, 6.07) is 5.52. The number of amides is 1. The molecule has 1 aromatic rings. The Balaban J connectivity index is 0.00000338. The van der Waals surface area contributed by atoms with Crippen molar-refractivity contribution in [3.05, 3.63) is 18.2 Å². The van der Waals surface area contributed by atoms with E-state index in [-0.39, 0.29) is 36.6 Å². The van der Waals surface area contributed by atoms with E-state index in [4.69, 9.17) is 9.47 Å². The molecule has 0 radical (unpaired) electrons. The molecule has 1 aliphatic rings. The van der Waals surface area contributed by atoms with Gasteiger partial charge in [0.25, 0.3) is 0 Å². The Morgan fingerprint density at radius 1 is 1.26 bits per heavy atom. The lowest BCUT2D eigenvalue weighted by Gasteiger charge is -2.31. The zero-order valence-electron chi connectivity index (χ0n) is 16.6. The molecule has 1 unspecified atom stereocenters. The maximum absolute atomic E-state index is 12.4. The average Bonchev–Trinajstić information content (AvgIpc) is 2.57. The van der Waals surface area contributed by atoms with E-state index in [0.717, 1.165) is 38.4 Å². The molecule has 27 heavy (non-hydrogen) atoms. The first-order valence-electron chi connectivity index (χ1n) is 9.13. The predicted molar refractivity (Wildman–Crippen MR) is 115 cm³/mol. The zero-order valence-corrected chi connectivity index (χ0v) is 18.3. The fourth-order valence-corrected chi connectivity index (χ4v) is 2.83. The van der Waals surface area contributed by atoms with Gasteiger partial charge in [0.15, 0.2) is 11.5 Å². The molecule has 0 saturated carbocycles. The molecule has 1 saturated heterocycles. The third kappa shape index (κ3) is 7.37. The highest BCUT2D eigenvalue weighted by Crippen LogP contribution is 2.30. The number of nitrogens with one attached hydrogen (secondary N) is 2. The number of hydrogen-bond donors (Lipinski definition) is 2. The number of ether oxygens (including phenoxy) is 2. The van der Waals surface area contributed by atoms with Gasteiger partial charge in [-0.1, -0.05) is 20.8 Å². The van der Waals surface area contributed by atoms with Gasteiger partial charge in [-0.25, -0.2) is 0 Å². The van der Waals surface area contributed by atoms with Gasteiger partial charge in [0.2, 0.25) is 5.91 Å². The molecule has 0 aliphatic carbocycles. The van der Waals surface area contributed by atoms with E-state index >= 15 is 0 Å². The average molecular weight is 422 g/mol. The van der Waals surface area contributed by atoms with Crippen molar-refractivity contribution in [1.29, 1.82) is 0 Å². The molecular formula is C19H33Cl2N3O3. The lowest BCUT2D eigenvalue weighted by Crippen LogP contribution is -2.48. The Morgan fingerprint density at radius 3 is 2.44 bits per heavy atom. The van der Waals surface area contributed by atoms with Crippen molar-refractivity contribution in [3.8, 4) is 11.5 Å². The summed E-state index contributed by atoms with van der Waals surface area (Å²) in [5.74, 6) is 1.79. The van der Waals surface area contributed by atoms with Crippen molar-refractivity contribution >= 4 is 36.4 Å². The number of anilines is 1. The third-order valence-corrected chi connectivity index (χ3v) is 4.92. The van der Waals surface area contributed by atoms with Gasteiger partial charge in [0, 0.05) is 24.2 Å². The van der Waals surface area contributed by atoms with Crippen LogP contribution in [0.3, 0.4) is 0 Å². The lowest BCUT2D eigenvalue weighted by atomic mass is 9.88. The van der Waals surface area contributed by atoms with Gasteiger partial charge in [-0.2, -0.15) is 0 Å². The Kier molecular flexibility index (Phi) is 12.5. The summed E-state index contributed by atoms with van der Waals surface area (Å²) < 4.78 is 11.3. The smallest absolute Gasteiger partial charge is 0.227 e. The number of carbonyl (C=O) groups is 1. The van der Waals surface area contributed by atoms with Gasteiger partial charge in [0.1, 0.15) is 6.61 Å². The lowest BCUT2D eigenvalue weighted by molar-refractivity contribution is -0.121. The molecule has 1 aromatic carbocycles. The molecule has 0 aromatic heterocycles. The molecule has 2 rings (SSSR count). The molecule has 2 N–H and O–H groups in total. The van der Waals surface area contributed by atoms with Gasteiger partial charge in [-0.15, -0.1) is 24.8 Å². The van der Waals surface area contributed by atoms with E-state index in [2.05, 4.69) is 29.4 Å². The van der Waals surface area contributed by atoms with Gasteiger partial charge < -0.3 is 25.0 Å². The van der Waals surface area contributed by atoms with Crippen molar-refractivity contribution in [2.24, 2.45) is 11.8 Å². The molecule has 1 fully saturated rings. The number of benzene rings is 1. The molecule has 1 heterocycles. The summed E-state index contributed by atoms with van der Waals surface area (Å²) in [7, 11) is 1.62. The molecule has 0 spiro atoms. The van der Waals surface area contributed by atoms with Crippen LogP contribution in [-0.4, -0.2) is 57.2 Å². The number of halogens is 2. The van der Waals surface area contributed by atoms with Crippen LogP contribution < -0.4 is 20.1 Å². The summed E-state index contributed by atoms with van der Waals surface area (Å²) >= 11 is 0. The van der Waals surface area contributed by atoms with E-state index in [0.29, 0.717) is 24.0 Å².